The van der Waals surface area contributed by atoms with Crippen molar-refractivity contribution in [3.8, 4) is 6.07 Å². The van der Waals surface area contributed by atoms with Gasteiger partial charge in [-0.3, -0.25) is 0 Å². The van der Waals surface area contributed by atoms with Crippen molar-refractivity contribution in [3.63, 3.8) is 0 Å². The lowest BCUT2D eigenvalue weighted by molar-refractivity contribution is 1.13. The minimum absolute atomic E-state index is 0.604. The smallest absolute Gasteiger partial charge is 0.102 e. The molecule has 0 amide bonds. The van der Waals surface area contributed by atoms with Crippen LogP contribution in [0.25, 0.3) is 10.8 Å². The first-order valence-corrected chi connectivity index (χ1v) is 4.98. The van der Waals surface area contributed by atoms with Crippen LogP contribution < -0.4 is 5.73 Å². The molecule has 0 aliphatic heterocycles. The molecule has 0 bridgehead atoms. The number of anilines is 1. The summed E-state index contributed by atoms with van der Waals surface area (Å²) in [5.41, 5.74) is 8.23. The van der Waals surface area contributed by atoms with E-state index in [0.717, 1.165) is 22.8 Å². The molecule has 0 aliphatic rings. The van der Waals surface area contributed by atoms with Gasteiger partial charge in [0.2, 0.25) is 0 Å². The van der Waals surface area contributed by atoms with Crippen LogP contribution in [-0.2, 0) is 6.42 Å². The highest BCUT2D eigenvalue weighted by Crippen LogP contribution is 2.27. The van der Waals surface area contributed by atoms with Gasteiger partial charge >= 0.3 is 0 Å². The molecule has 0 spiro atoms. The number of hydrogen-bond donors (Lipinski definition) is 1. The van der Waals surface area contributed by atoms with E-state index in [2.05, 4.69) is 6.07 Å². The summed E-state index contributed by atoms with van der Waals surface area (Å²) in [6.07, 6.45) is 0.831. The van der Waals surface area contributed by atoms with Gasteiger partial charge < -0.3 is 5.73 Å². The zero-order chi connectivity index (χ0) is 10.8. The fourth-order valence-electron chi connectivity index (χ4n) is 1.85. The standard InChI is InChI=1S/C13H12N2/c1-2-9-7-10-5-3-4-6-11(10)13(15)12(9)8-14/h3-7H,2,15H2,1H3. The Bertz CT molecular complexity index is 550. The van der Waals surface area contributed by atoms with E-state index in [9.17, 15) is 0 Å². The number of nitrogens with zero attached hydrogens (tertiary/aromatic N) is 1. The number of hydrogen-bond acceptors (Lipinski definition) is 2. The first-order chi connectivity index (χ1) is 7.27. The quantitative estimate of drug-likeness (QED) is 0.713. The van der Waals surface area contributed by atoms with Crippen molar-refractivity contribution in [1.82, 2.24) is 0 Å². The van der Waals surface area contributed by atoms with Crippen molar-refractivity contribution in [1.29, 1.82) is 5.26 Å². The van der Waals surface area contributed by atoms with Crippen molar-refractivity contribution >= 4 is 16.5 Å². The predicted molar refractivity (Wildman–Crippen MR) is 62.5 cm³/mol. The molecule has 2 rings (SSSR count). The van der Waals surface area contributed by atoms with E-state index >= 15 is 0 Å². The second kappa shape index (κ2) is 3.62. The van der Waals surface area contributed by atoms with Crippen LogP contribution in [0, 0.1) is 11.3 Å². The molecular weight excluding hydrogens is 184 g/mol. The Balaban J connectivity index is 2.89. The zero-order valence-electron chi connectivity index (χ0n) is 8.62. The molecule has 0 saturated carbocycles. The Morgan fingerprint density at radius 1 is 1.33 bits per heavy atom. The molecule has 0 aliphatic carbocycles. The Morgan fingerprint density at radius 3 is 2.73 bits per heavy atom. The Labute approximate surface area is 88.9 Å². The van der Waals surface area contributed by atoms with Gasteiger partial charge in [0, 0.05) is 5.39 Å². The summed E-state index contributed by atoms with van der Waals surface area (Å²) in [6, 6.07) is 12.1. The summed E-state index contributed by atoms with van der Waals surface area (Å²) in [6.45, 7) is 2.03. The van der Waals surface area contributed by atoms with Crippen LogP contribution in [0.15, 0.2) is 30.3 Å². The maximum Gasteiger partial charge on any atom is 0.102 e. The highest BCUT2D eigenvalue weighted by Gasteiger charge is 2.08. The van der Waals surface area contributed by atoms with E-state index < -0.39 is 0 Å². The monoisotopic (exact) mass is 196 g/mol. The molecule has 2 aromatic rings. The lowest BCUT2D eigenvalue weighted by atomic mass is 9.98. The van der Waals surface area contributed by atoms with Gasteiger partial charge in [0.15, 0.2) is 0 Å². The van der Waals surface area contributed by atoms with Crippen LogP contribution in [0.5, 0.6) is 0 Å². The summed E-state index contributed by atoms with van der Waals surface area (Å²) < 4.78 is 0. The van der Waals surface area contributed by atoms with Gasteiger partial charge in [0.05, 0.1) is 11.3 Å². The molecule has 0 atom stereocenters. The molecule has 0 heterocycles. The first kappa shape index (κ1) is 9.54. The molecule has 0 radical (unpaired) electrons. The number of nitriles is 1. The highest BCUT2D eigenvalue weighted by molar-refractivity contribution is 5.96. The SMILES string of the molecule is CCc1cc2ccccc2c(N)c1C#N. The zero-order valence-corrected chi connectivity index (χ0v) is 8.62. The van der Waals surface area contributed by atoms with Gasteiger partial charge in [-0.05, 0) is 23.4 Å². The molecule has 2 N–H and O–H groups in total. The van der Waals surface area contributed by atoms with Crippen molar-refractivity contribution in [3.05, 3.63) is 41.5 Å². The van der Waals surface area contributed by atoms with E-state index in [-0.39, 0.29) is 0 Å². The number of nitrogens with two attached hydrogens (primary N) is 1. The van der Waals surface area contributed by atoms with Crippen LogP contribution in [0.3, 0.4) is 0 Å². The van der Waals surface area contributed by atoms with Gasteiger partial charge in [-0.1, -0.05) is 31.2 Å². The second-order valence-electron chi connectivity index (χ2n) is 3.51. The predicted octanol–water partition coefficient (Wildman–Crippen LogP) is 2.86. The lowest BCUT2D eigenvalue weighted by Crippen LogP contribution is -1.97. The van der Waals surface area contributed by atoms with E-state index in [0.29, 0.717) is 11.3 Å². The Hall–Kier alpha value is -2.01. The third-order valence-corrected chi connectivity index (χ3v) is 2.66. The molecule has 15 heavy (non-hydrogen) atoms. The first-order valence-electron chi connectivity index (χ1n) is 4.98. The van der Waals surface area contributed by atoms with Crippen LogP contribution in [0.4, 0.5) is 5.69 Å². The van der Waals surface area contributed by atoms with Crippen molar-refractivity contribution < 1.29 is 0 Å². The Morgan fingerprint density at radius 2 is 2.07 bits per heavy atom. The van der Waals surface area contributed by atoms with Crippen LogP contribution in [0.2, 0.25) is 0 Å². The molecule has 0 unspecified atom stereocenters. The third-order valence-electron chi connectivity index (χ3n) is 2.66. The summed E-state index contributed by atoms with van der Waals surface area (Å²) in [5, 5.41) is 11.1. The van der Waals surface area contributed by atoms with E-state index in [1.807, 2.05) is 37.3 Å². The van der Waals surface area contributed by atoms with Gasteiger partial charge in [-0.15, -0.1) is 0 Å². The molecule has 0 saturated heterocycles. The number of benzene rings is 2. The van der Waals surface area contributed by atoms with Gasteiger partial charge in [0.25, 0.3) is 0 Å². The molecule has 0 fully saturated rings. The fraction of sp³-hybridized carbons (Fsp3) is 0.154. The third kappa shape index (κ3) is 1.42. The van der Waals surface area contributed by atoms with Gasteiger partial charge in [-0.25, -0.2) is 0 Å². The summed E-state index contributed by atoms with van der Waals surface area (Å²) in [7, 11) is 0. The van der Waals surface area contributed by atoms with Crippen LogP contribution in [-0.4, -0.2) is 0 Å². The summed E-state index contributed by atoms with van der Waals surface area (Å²) in [5.74, 6) is 0. The maximum absolute atomic E-state index is 9.06. The largest absolute Gasteiger partial charge is 0.397 e. The highest BCUT2D eigenvalue weighted by atomic mass is 14.6. The van der Waals surface area contributed by atoms with Crippen molar-refractivity contribution in [2.75, 3.05) is 5.73 Å². The molecule has 0 aromatic heterocycles. The fourth-order valence-corrected chi connectivity index (χ4v) is 1.85. The van der Waals surface area contributed by atoms with E-state index in [1.165, 1.54) is 0 Å². The average Bonchev–Trinajstić information content (AvgIpc) is 2.29. The van der Waals surface area contributed by atoms with Crippen LogP contribution >= 0.6 is 0 Å². The number of fused-ring (bicyclic) bond motifs is 1. The van der Waals surface area contributed by atoms with Gasteiger partial charge in [-0.2, -0.15) is 5.26 Å². The van der Waals surface area contributed by atoms with E-state index in [4.69, 9.17) is 11.0 Å². The minimum atomic E-state index is 0.604. The number of nitrogen functional groups attached to an aromatic ring is 1. The molecule has 2 aromatic carbocycles. The normalized spacial score (nSPS) is 10.1. The summed E-state index contributed by atoms with van der Waals surface area (Å²) in [4.78, 5) is 0. The van der Waals surface area contributed by atoms with Gasteiger partial charge in [0.1, 0.15) is 6.07 Å². The Kier molecular flexibility index (Phi) is 2.31. The second-order valence-corrected chi connectivity index (χ2v) is 3.51. The molecule has 74 valence electrons. The topological polar surface area (TPSA) is 49.8 Å². The number of rotatable bonds is 1. The average molecular weight is 196 g/mol. The summed E-state index contributed by atoms with van der Waals surface area (Å²) >= 11 is 0. The maximum atomic E-state index is 9.06. The molecular formula is C13H12N2. The molecule has 2 heteroatoms. The van der Waals surface area contributed by atoms with Crippen LogP contribution in [0.1, 0.15) is 18.1 Å². The minimum Gasteiger partial charge on any atom is -0.397 e. The number of aryl methyl sites for hydroxylation is 1. The van der Waals surface area contributed by atoms with E-state index in [1.54, 1.807) is 0 Å². The molecule has 2 nitrogen and oxygen atoms in total. The lowest BCUT2D eigenvalue weighted by Gasteiger charge is -2.08. The van der Waals surface area contributed by atoms with Crippen molar-refractivity contribution in [2.24, 2.45) is 0 Å². The van der Waals surface area contributed by atoms with Crippen molar-refractivity contribution in [2.45, 2.75) is 13.3 Å².